The van der Waals surface area contributed by atoms with Crippen molar-refractivity contribution in [1.29, 1.82) is 0 Å². The van der Waals surface area contributed by atoms with Crippen molar-refractivity contribution in [2.75, 3.05) is 13.7 Å². The van der Waals surface area contributed by atoms with Crippen LogP contribution in [0, 0.1) is 6.92 Å². The molecule has 0 fully saturated rings. The topological polar surface area (TPSA) is 42.7 Å². The van der Waals surface area contributed by atoms with Gasteiger partial charge in [-0.05, 0) is 26.0 Å². The smallest absolute Gasteiger partial charge is 0.289 e. The van der Waals surface area contributed by atoms with E-state index < -0.39 is 0 Å². The van der Waals surface area contributed by atoms with Crippen LogP contribution in [0.5, 0.6) is 5.75 Å². The highest BCUT2D eigenvalue weighted by Gasteiger charge is 2.19. The Morgan fingerprint density at radius 3 is 2.68 bits per heavy atom. The Bertz CT molecular complexity index is 651. The number of furan rings is 1. The van der Waals surface area contributed by atoms with Crippen molar-refractivity contribution in [1.82, 2.24) is 4.90 Å². The minimum Gasteiger partial charge on any atom is -0.494 e. The van der Waals surface area contributed by atoms with Gasteiger partial charge in [0.25, 0.3) is 5.91 Å². The number of benzene rings is 1. The third-order valence-corrected chi connectivity index (χ3v) is 3.69. The van der Waals surface area contributed by atoms with Gasteiger partial charge in [0.05, 0.1) is 12.5 Å². The van der Waals surface area contributed by atoms with E-state index >= 15 is 0 Å². The van der Waals surface area contributed by atoms with Crippen molar-refractivity contribution in [3.63, 3.8) is 0 Å². The van der Waals surface area contributed by atoms with Gasteiger partial charge in [-0.25, -0.2) is 0 Å². The van der Waals surface area contributed by atoms with E-state index in [0.29, 0.717) is 30.6 Å². The molecule has 118 valence electrons. The molecular formula is C17H20ClNO3. The molecule has 0 radical (unpaired) electrons. The number of ether oxygens (including phenoxy) is 1. The van der Waals surface area contributed by atoms with Crippen LogP contribution >= 0.6 is 11.6 Å². The molecule has 0 N–H and O–H groups in total. The molecule has 1 aromatic heterocycles. The van der Waals surface area contributed by atoms with Crippen LogP contribution in [0.3, 0.4) is 0 Å². The minimum absolute atomic E-state index is 0.175. The predicted octanol–water partition coefficient (Wildman–Crippen LogP) is 4.00. The highest BCUT2D eigenvalue weighted by molar-refractivity contribution is 6.17. The standard InChI is InChI=1S/C17H20ClNO3/c1-4-21-15-8-6-5-7-13(15)11-19(3)17(20)16-9-14(10-18)12(2)22-16/h5-9H,4,10-11H2,1-3H3. The zero-order valence-corrected chi connectivity index (χ0v) is 13.8. The lowest BCUT2D eigenvalue weighted by Gasteiger charge is -2.18. The first-order valence-electron chi connectivity index (χ1n) is 7.18. The molecule has 1 aromatic carbocycles. The zero-order chi connectivity index (χ0) is 16.1. The third kappa shape index (κ3) is 3.63. The van der Waals surface area contributed by atoms with E-state index in [-0.39, 0.29) is 5.91 Å². The molecule has 0 unspecified atom stereocenters. The zero-order valence-electron chi connectivity index (χ0n) is 13.1. The molecule has 4 nitrogen and oxygen atoms in total. The van der Waals surface area contributed by atoms with Crippen molar-refractivity contribution in [2.24, 2.45) is 0 Å². The van der Waals surface area contributed by atoms with Crippen molar-refractivity contribution in [3.8, 4) is 5.75 Å². The summed E-state index contributed by atoms with van der Waals surface area (Å²) in [5, 5.41) is 0. The van der Waals surface area contributed by atoms with Crippen molar-refractivity contribution >= 4 is 17.5 Å². The molecule has 2 rings (SSSR count). The van der Waals surface area contributed by atoms with Gasteiger partial charge >= 0.3 is 0 Å². The van der Waals surface area contributed by atoms with Gasteiger partial charge in [-0.1, -0.05) is 18.2 Å². The number of alkyl halides is 1. The number of para-hydroxylation sites is 1. The molecule has 1 amide bonds. The molecule has 0 aliphatic heterocycles. The molecule has 0 bridgehead atoms. The van der Waals surface area contributed by atoms with Crippen LogP contribution in [0.1, 0.15) is 34.4 Å². The maximum absolute atomic E-state index is 12.4. The number of aryl methyl sites for hydroxylation is 1. The van der Waals surface area contributed by atoms with Gasteiger partial charge in [0, 0.05) is 24.7 Å². The Kier molecular flexibility index (Phi) is 5.50. The van der Waals surface area contributed by atoms with Crippen LogP contribution in [0.15, 0.2) is 34.7 Å². The summed E-state index contributed by atoms with van der Waals surface area (Å²) < 4.78 is 11.1. The van der Waals surface area contributed by atoms with Gasteiger partial charge in [-0.2, -0.15) is 0 Å². The lowest BCUT2D eigenvalue weighted by atomic mass is 10.2. The van der Waals surface area contributed by atoms with E-state index in [0.717, 1.165) is 16.9 Å². The van der Waals surface area contributed by atoms with Gasteiger partial charge in [0.2, 0.25) is 0 Å². The number of hydrogen-bond acceptors (Lipinski definition) is 3. The molecule has 0 saturated heterocycles. The third-order valence-electron chi connectivity index (χ3n) is 3.40. The average Bonchev–Trinajstić information content (AvgIpc) is 2.89. The summed E-state index contributed by atoms with van der Waals surface area (Å²) in [6.07, 6.45) is 0. The van der Waals surface area contributed by atoms with Gasteiger partial charge in [-0.3, -0.25) is 4.79 Å². The van der Waals surface area contributed by atoms with Crippen LogP contribution in [0.4, 0.5) is 0 Å². The second-order valence-corrected chi connectivity index (χ2v) is 5.29. The summed E-state index contributed by atoms with van der Waals surface area (Å²) >= 11 is 5.81. The summed E-state index contributed by atoms with van der Waals surface area (Å²) in [5.41, 5.74) is 1.80. The molecule has 1 heterocycles. The van der Waals surface area contributed by atoms with Crippen LogP contribution < -0.4 is 4.74 Å². The molecule has 0 spiro atoms. The molecular weight excluding hydrogens is 302 g/mol. The van der Waals surface area contributed by atoms with Crippen LogP contribution in [-0.4, -0.2) is 24.5 Å². The van der Waals surface area contributed by atoms with Gasteiger partial charge in [0.15, 0.2) is 5.76 Å². The van der Waals surface area contributed by atoms with Crippen molar-refractivity contribution in [2.45, 2.75) is 26.3 Å². The van der Waals surface area contributed by atoms with Crippen LogP contribution in [0.25, 0.3) is 0 Å². The number of carbonyl (C=O) groups excluding carboxylic acids is 1. The normalized spacial score (nSPS) is 10.5. The van der Waals surface area contributed by atoms with Gasteiger partial charge in [-0.15, -0.1) is 11.6 Å². The Morgan fingerprint density at radius 2 is 2.05 bits per heavy atom. The summed E-state index contributed by atoms with van der Waals surface area (Å²) in [4.78, 5) is 14.1. The Morgan fingerprint density at radius 1 is 1.32 bits per heavy atom. The molecule has 0 saturated carbocycles. The highest BCUT2D eigenvalue weighted by atomic mass is 35.5. The molecule has 2 aromatic rings. The first kappa shape index (κ1) is 16.4. The number of hydrogen-bond donors (Lipinski definition) is 0. The molecule has 0 aliphatic carbocycles. The first-order valence-corrected chi connectivity index (χ1v) is 7.71. The Hall–Kier alpha value is -1.94. The van der Waals surface area contributed by atoms with Crippen LogP contribution in [0.2, 0.25) is 0 Å². The molecule has 5 heteroatoms. The summed E-state index contributed by atoms with van der Waals surface area (Å²) in [6, 6.07) is 9.40. The quantitative estimate of drug-likeness (QED) is 0.755. The molecule has 0 atom stereocenters. The summed E-state index contributed by atoms with van der Waals surface area (Å²) in [6.45, 7) is 4.78. The van der Waals surface area contributed by atoms with E-state index in [1.54, 1.807) is 24.9 Å². The van der Waals surface area contributed by atoms with Crippen LogP contribution in [-0.2, 0) is 12.4 Å². The van der Waals surface area contributed by atoms with E-state index in [1.807, 2.05) is 31.2 Å². The predicted molar refractivity (Wildman–Crippen MR) is 86.4 cm³/mol. The minimum atomic E-state index is -0.175. The summed E-state index contributed by atoms with van der Waals surface area (Å²) in [5.74, 6) is 1.94. The second kappa shape index (κ2) is 7.36. The lowest BCUT2D eigenvalue weighted by Crippen LogP contribution is -2.26. The Balaban J connectivity index is 2.14. The highest BCUT2D eigenvalue weighted by Crippen LogP contribution is 2.22. The number of rotatable bonds is 6. The number of halogens is 1. The number of amides is 1. The fraction of sp³-hybridized carbons (Fsp3) is 0.353. The number of nitrogens with zero attached hydrogens (tertiary/aromatic N) is 1. The first-order chi connectivity index (χ1) is 10.6. The van der Waals surface area contributed by atoms with E-state index in [2.05, 4.69) is 0 Å². The largest absolute Gasteiger partial charge is 0.494 e. The fourth-order valence-corrected chi connectivity index (χ4v) is 2.47. The lowest BCUT2D eigenvalue weighted by molar-refractivity contribution is 0.0751. The fourth-order valence-electron chi connectivity index (χ4n) is 2.20. The van der Waals surface area contributed by atoms with E-state index in [4.69, 9.17) is 20.8 Å². The second-order valence-electron chi connectivity index (χ2n) is 5.03. The van der Waals surface area contributed by atoms with Gasteiger partial charge < -0.3 is 14.1 Å². The van der Waals surface area contributed by atoms with Crippen molar-refractivity contribution in [3.05, 3.63) is 53.0 Å². The monoisotopic (exact) mass is 321 g/mol. The average molecular weight is 322 g/mol. The van der Waals surface area contributed by atoms with Crippen molar-refractivity contribution < 1.29 is 13.9 Å². The summed E-state index contributed by atoms with van der Waals surface area (Å²) in [7, 11) is 1.74. The molecule has 0 aliphatic rings. The maximum atomic E-state index is 12.4. The number of carbonyl (C=O) groups is 1. The maximum Gasteiger partial charge on any atom is 0.289 e. The SMILES string of the molecule is CCOc1ccccc1CN(C)C(=O)c1cc(CCl)c(C)o1. The van der Waals surface area contributed by atoms with E-state index in [9.17, 15) is 4.79 Å². The molecule has 22 heavy (non-hydrogen) atoms. The Labute approximate surface area is 135 Å². The van der Waals surface area contributed by atoms with Gasteiger partial charge in [0.1, 0.15) is 11.5 Å². The van der Waals surface area contributed by atoms with E-state index in [1.165, 1.54) is 0 Å².